The van der Waals surface area contributed by atoms with Gasteiger partial charge in [0.25, 0.3) is 5.56 Å². The number of aromatic amines is 1. The van der Waals surface area contributed by atoms with E-state index >= 15 is 0 Å². The molecule has 0 unspecified atom stereocenters. The number of halogens is 3. The van der Waals surface area contributed by atoms with Crippen LogP contribution in [-0.2, 0) is 17.6 Å². The van der Waals surface area contributed by atoms with E-state index in [1.165, 1.54) is 0 Å². The maximum atomic E-state index is 11.8. The molecule has 0 amide bonds. The first-order valence-corrected chi connectivity index (χ1v) is 5.67. The number of aryl methyl sites for hydroxylation is 1. The fraction of sp³-hybridized carbons (Fsp3) is 0.636. The van der Waals surface area contributed by atoms with Gasteiger partial charge in [-0.05, 0) is 6.92 Å². The topological polar surface area (TPSA) is 75.2 Å². The first kappa shape index (κ1) is 15.6. The van der Waals surface area contributed by atoms with Gasteiger partial charge in [0, 0.05) is 30.7 Å². The average Bonchev–Trinajstić information content (AvgIpc) is 2.28. The van der Waals surface area contributed by atoms with Crippen LogP contribution in [0.2, 0.25) is 0 Å². The quantitative estimate of drug-likeness (QED) is 0.753. The van der Waals surface area contributed by atoms with Crippen molar-refractivity contribution in [1.29, 1.82) is 0 Å². The van der Waals surface area contributed by atoms with Crippen molar-refractivity contribution in [2.24, 2.45) is 0 Å². The third-order valence-electron chi connectivity index (χ3n) is 2.38. The first-order valence-electron chi connectivity index (χ1n) is 5.67. The minimum absolute atomic E-state index is 0.0889. The SMILES string of the molecule is Cc1nc(CCOCC(F)(F)F)[nH]c(=O)c1CCO. The van der Waals surface area contributed by atoms with Crippen molar-refractivity contribution in [3.8, 4) is 0 Å². The van der Waals surface area contributed by atoms with E-state index in [9.17, 15) is 18.0 Å². The Balaban J connectivity index is 2.59. The van der Waals surface area contributed by atoms with Crippen molar-refractivity contribution in [2.45, 2.75) is 25.9 Å². The zero-order valence-electron chi connectivity index (χ0n) is 10.4. The van der Waals surface area contributed by atoms with Crippen molar-refractivity contribution < 1.29 is 23.0 Å². The highest BCUT2D eigenvalue weighted by atomic mass is 19.4. The maximum absolute atomic E-state index is 11.8. The summed E-state index contributed by atoms with van der Waals surface area (Å²) < 4.78 is 39.9. The van der Waals surface area contributed by atoms with E-state index in [1.54, 1.807) is 6.92 Å². The Hall–Kier alpha value is -1.41. The molecule has 1 aromatic rings. The average molecular weight is 280 g/mol. The van der Waals surface area contributed by atoms with Gasteiger partial charge in [0.05, 0.1) is 6.61 Å². The first-order chi connectivity index (χ1) is 8.83. The van der Waals surface area contributed by atoms with Gasteiger partial charge in [-0.25, -0.2) is 4.98 Å². The molecule has 5 nitrogen and oxygen atoms in total. The summed E-state index contributed by atoms with van der Waals surface area (Å²) in [6.45, 7) is -0.0556. The number of alkyl halides is 3. The predicted molar refractivity (Wildman–Crippen MR) is 61.0 cm³/mol. The number of hydrogen-bond donors (Lipinski definition) is 2. The molecule has 8 heteroatoms. The number of ether oxygens (including phenoxy) is 1. The van der Waals surface area contributed by atoms with E-state index in [2.05, 4.69) is 14.7 Å². The fourth-order valence-electron chi connectivity index (χ4n) is 1.55. The number of rotatable bonds is 6. The van der Waals surface area contributed by atoms with Crippen LogP contribution in [0.4, 0.5) is 13.2 Å². The fourth-order valence-corrected chi connectivity index (χ4v) is 1.55. The Labute approximate surface area is 107 Å². The largest absolute Gasteiger partial charge is 0.411 e. The molecule has 0 aliphatic carbocycles. The standard InChI is InChI=1S/C11H15F3N2O3/c1-7-8(2-4-17)10(18)16-9(15-7)3-5-19-6-11(12,13)14/h17H,2-6H2,1H3,(H,15,16,18). The summed E-state index contributed by atoms with van der Waals surface area (Å²) in [6.07, 6.45) is -4.08. The van der Waals surface area contributed by atoms with E-state index < -0.39 is 12.8 Å². The van der Waals surface area contributed by atoms with E-state index in [1.807, 2.05) is 0 Å². The maximum Gasteiger partial charge on any atom is 0.411 e. The van der Waals surface area contributed by atoms with Crippen molar-refractivity contribution in [1.82, 2.24) is 9.97 Å². The predicted octanol–water partition coefficient (Wildman–Crippen LogP) is 0.735. The summed E-state index contributed by atoms with van der Waals surface area (Å²) in [5.41, 5.74) is 0.457. The lowest BCUT2D eigenvalue weighted by molar-refractivity contribution is -0.173. The molecular formula is C11H15F3N2O3. The van der Waals surface area contributed by atoms with Crippen molar-refractivity contribution >= 4 is 0 Å². The Morgan fingerprint density at radius 3 is 2.58 bits per heavy atom. The zero-order chi connectivity index (χ0) is 14.5. The molecule has 108 valence electrons. The minimum atomic E-state index is -4.36. The number of H-pyrrole nitrogens is 1. The molecule has 1 rings (SSSR count). The number of nitrogens with one attached hydrogen (secondary N) is 1. The molecule has 0 aliphatic heterocycles. The molecule has 1 heterocycles. The Bertz CT molecular complexity index is 471. The molecule has 0 saturated carbocycles. The molecule has 0 spiro atoms. The molecule has 0 aromatic carbocycles. The van der Waals surface area contributed by atoms with Gasteiger partial charge >= 0.3 is 6.18 Å². The van der Waals surface area contributed by atoms with Gasteiger partial charge < -0.3 is 14.8 Å². The number of aliphatic hydroxyl groups excluding tert-OH is 1. The molecule has 1 aromatic heterocycles. The van der Waals surface area contributed by atoms with E-state index in [-0.39, 0.29) is 37.4 Å². The lowest BCUT2D eigenvalue weighted by Crippen LogP contribution is -2.22. The van der Waals surface area contributed by atoms with Crippen LogP contribution in [0, 0.1) is 6.92 Å². The highest BCUT2D eigenvalue weighted by Gasteiger charge is 2.27. The lowest BCUT2D eigenvalue weighted by Gasteiger charge is -2.08. The monoisotopic (exact) mass is 280 g/mol. The Morgan fingerprint density at radius 2 is 2.05 bits per heavy atom. The second-order valence-electron chi connectivity index (χ2n) is 3.97. The molecule has 0 bridgehead atoms. The second kappa shape index (κ2) is 6.67. The summed E-state index contributed by atoms with van der Waals surface area (Å²) in [4.78, 5) is 18.1. The molecular weight excluding hydrogens is 265 g/mol. The van der Waals surface area contributed by atoms with Crippen LogP contribution in [0.1, 0.15) is 17.1 Å². The third-order valence-corrected chi connectivity index (χ3v) is 2.38. The highest BCUT2D eigenvalue weighted by molar-refractivity contribution is 5.16. The van der Waals surface area contributed by atoms with E-state index in [4.69, 9.17) is 5.11 Å². The van der Waals surface area contributed by atoms with Crippen molar-refractivity contribution in [2.75, 3.05) is 19.8 Å². The van der Waals surface area contributed by atoms with Crippen LogP contribution >= 0.6 is 0 Å². The van der Waals surface area contributed by atoms with Gasteiger partial charge in [-0.15, -0.1) is 0 Å². The van der Waals surface area contributed by atoms with Gasteiger partial charge in [0.15, 0.2) is 0 Å². The molecule has 19 heavy (non-hydrogen) atoms. The summed E-state index contributed by atoms with van der Waals surface area (Å²) in [5.74, 6) is 0.270. The highest BCUT2D eigenvalue weighted by Crippen LogP contribution is 2.14. The number of aliphatic hydroxyl groups is 1. The van der Waals surface area contributed by atoms with Crippen molar-refractivity contribution in [3.05, 3.63) is 27.4 Å². The number of nitrogens with zero attached hydrogens (tertiary/aromatic N) is 1. The summed E-state index contributed by atoms with van der Waals surface area (Å²) in [5, 5.41) is 8.78. The summed E-state index contributed by atoms with van der Waals surface area (Å²) in [7, 11) is 0. The lowest BCUT2D eigenvalue weighted by atomic mass is 10.2. The van der Waals surface area contributed by atoms with Crippen LogP contribution in [0.25, 0.3) is 0 Å². The van der Waals surface area contributed by atoms with E-state index in [0.29, 0.717) is 11.3 Å². The molecule has 2 N–H and O–H groups in total. The normalized spacial score (nSPS) is 11.8. The van der Waals surface area contributed by atoms with Crippen molar-refractivity contribution in [3.63, 3.8) is 0 Å². The second-order valence-corrected chi connectivity index (χ2v) is 3.97. The van der Waals surface area contributed by atoms with Crippen LogP contribution < -0.4 is 5.56 Å². The minimum Gasteiger partial charge on any atom is -0.396 e. The Kier molecular flexibility index (Phi) is 5.49. The van der Waals surface area contributed by atoms with Gasteiger partial charge in [0.2, 0.25) is 0 Å². The van der Waals surface area contributed by atoms with E-state index in [0.717, 1.165) is 0 Å². The number of hydrogen-bond acceptors (Lipinski definition) is 4. The molecule has 0 saturated heterocycles. The zero-order valence-corrected chi connectivity index (χ0v) is 10.4. The molecule has 0 atom stereocenters. The van der Waals surface area contributed by atoms with Crippen LogP contribution in [0.15, 0.2) is 4.79 Å². The smallest absolute Gasteiger partial charge is 0.396 e. The van der Waals surface area contributed by atoms with Gasteiger partial charge in [-0.1, -0.05) is 0 Å². The molecule has 0 aliphatic rings. The molecule has 0 fully saturated rings. The van der Waals surface area contributed by atoms with Crippen LogP contribution in [0.5, 0.6) is 0 Å². The Morgan fingerprint density at radius 1 is 1.37 bits per heavy atom. The molecule has 0 radical (unpaired) electrons. The van der Waals surface area contributed by atoms with Gasteiger partial charge in [-0.2, -0.15) is 13.2 Å². The van der Waals surface area contributed by atoms with Crippen LogP contribution in [0.3, 0.4) is 0 Å². The van der Waals surface area contributed by atoms with Gasteiger partial charge in [0.1, 0.15) is 12.4 Å². The summed E-state index contributed by atoms with van der Waals surface area (Å²) >= 11 is 0. The van der Waals surface area contributed by atoms with Gasteiger partial charge in [-0.3, -0.25) is 4.79 Å². The third kappa shape index (κ3) is 5.39. The van der Waals surface area contributed by atoms with Crippen LogP contribution in [-0.4, -0.2) is 41.1 Å². The number of aromatic nitrogens is 2. The summed E-state index contributed by atoms with van der Waals surface area (Å²) in [6, 6.07) is 0.